The van der Waals surface area contributed by atoms with Crippen molar-refractivity contribution in [3.05, 3.63) is 29.6 Å². The first-order chi connectivity index (χ1) is 7.70. The Morgan fingerprint density at radius 3 is 2.94 bits per heavy atom. The summed E-state index contributed by atoms with van der Waals surface area (Å²) in [5.41, 5.74) is 0.953. The number of hydrogen-bond donors (Lipinski definition) is 0. The Bertz CT molecular complexity index is 495. The van der Waals surface area contributed by atoms with Gasteiger partial charge >= 0.3 is 0 Å². The van der Waals surface area contributed by atoms with Gasteiger partial charge in [0, 0.05) is 17.8 Å². The van der Waals surface area contributed by atoms with Crippen molar-refractivity contribution in [1.82, 2.24) is 0 Å². The maximum atomic E-state index is 13.0. The SMILES string of the molecule is COc1cc(F)ccc1C1=NC(=O)CN=C1. The summed E-state index contributed by atoms with van der Waals surface area (Å²) in [6.07, 6.45) is 1.48. The molecule has 82 valence electrons. The molecule has 0 fully saturated rings. The summed E-state index contributed by atoms with van der Waals surface area (Å²) in [5.74, 6) is -0.385. The van der Waals surface area contributed by atoms with Gasteiger partial charge < -0.3 is 4.74 Å². The summed E-state index contributed by atoms with van der Waals surface area (Å²) in [4.78, 5) is 18.8. The fourth-order valence-corrected chi connectivity index (χ4v) is 1.42. The van der Waals surface area contributed by atoms with Crippen LogP contribution in [0.25, 0.3) is 0 Å². The lowest BCUT2D eigenvalue weighted by Gasteiger charge is -2.09. The fourth-order valence-electron chi connectivity index (χ4n) is 1.42. The third-order valence-corrected chi connectivity index (χ3v) is 2.12. The van der Waals surface area contributed by atoms with Crippen molar-refractivity contribution in [2.24, 2.45) is 9.98 Å². The molecular weight excluding hydrogens is 211 g/mol. The summed E-state index contributed by atoms with van der Waals surface area (Å²) >= 11 is 0. The molecule has 0 radical (unpaired) electrons. The summed E-state index contributed by atoms with van der Waals surface area (Å²) in [7, 11) is 1.43. The van der Waals surface area contributed by atoms with Crippen LogP contribution in [0.1, 0.15) is 5.56 Å². The molecule has 5 heteroatoms. The molecule has 1 aromatic rings. The van der Waals surface area contributed by atoms with Gasteiger partial charge in [-0.15, -0.1) is 0 Å². The number of benzene rings is 1. The highest BCUT2D eigenvalue weighted by Gasteiger charge is 2.14. The second-order valence-electron chi connectivity index (χ2n) is 3.21. The van der Waals surface area contributed by atoms with Crippen molar-refractivity contribution in [3.63, 3.8) is 0 Å². The molecule has 16 heavy (non-hydrogen) atoms. The monoisotopic (exact) mass is 220 g/mol. The summed E-state index contributed by atoms with van der Waals surface area (Å²) in [6.45, 7) is 0.0625. The molecule has 0 aromatic heterocycles. The zero-order valence-corrected chi connectivity index (χ0v) is 8.61. The first-order valence-corrected chi connectivity index (χ1v) is 4.66. The van der Waals surface area contributed by atoms with E-state index < -0.39 is 5.82 Å². The quantitative estimate of drug-likeness (QED) is 0.752. The zero-order valence-electron chi connectivity index (χ0n) is 8.61. The van der Waals surface area contributed by atoms with Crippen LogP contribution in [0, 0.1) is 5.82 Å². The minimum Gasteiger partial charge on any atom is -0.496 e. The van der Waals surface area contributed by atoms with Gasteiger partial charge in [-0.1, -0.05) is 0 Å². The van der Waals surface area contributed by atoms with Crippen molar-refractivity contribution in [3.8, 4) is 5.75 Å². The number of amides is 1. The Hall–Kier alpha value is -2.04. The number of aliphatic imine (C=N–C) groups is 2. The number of carbonyl (C=O) groups excluding carboxylic acids is 1. The minimum atomic E-state index is -0.403. The fraction of sp³-hybridized carbons (Fsp3) is 0.182. The van der Waals surface area contributed by atoms with Gasteiger partial charge in [-0.2, -0.15) is 0 Å². The van der Waals surface area contributed by atoms with Crippen LogP contribution in [-0.4, -0.2) is 31.5 Å². The molecule has 4 nitrogen and oxygen atoms in total. The van der Waals surface area contributed by atoms with Gasteiger partial charge in [0.2, 0.25) is 0 Å². The smallest absolute Gasteiger partial charge is 0.267 e. The van der Waals surface area contributed by atoms with Crippen molar-refractivity contribution in [2.75, 3.05) is 13.7 Å². The van der Waals surface area contributed by atoms with Gasteiger partial charge in [0.25, 0.3) is 5.91 Å². The largest absolute Gasteiger partial charge is 0.496 e. The molecule has 0 saturated carbocycles. The van der Waals surface area contributed by atoms with Crippen LogP contribution in [0.15, 0.2) is 28.2 Å². The normalized spacial score (nSPS) is 14.9. The first-order valence-electron chi connectivity index (χ1n) is 4.66. The molecule has 1 aliphatic rings. The van der Waals surface area contributed by atoms with Crippen molar-refractivity contribution in [1.29, 1.82) is 0 Å². The topological polar surface area (TPSA) is 51.0 Å². The van der Waals surface area contributed by atoms with E-state index in [0.29, 0.717) is 17.0 Å². The molecule has 0 saturated heterocycles. The second-order valence-corrected chi connectivity index (χ2v) is 3.21. The predicted octanol–water partition coefficient (Wildman–Crippen LogP) is 1.23. The average Bonchev–Trinajstić information content (AvgIpc) is 2.28. The Morgan fingerprint density at radius 1 is 1.44 bits per heavy atom. The Balaban J connectivity index is 2.47. The Morgan fingerprint density at radius 2 is 2.25 bits per heavy atom. The second kappa shape index (κ2) is 4.22. The highest BCUT2D eigenvalue weighted by molar-refractivity contribution is 6.41. The van der Waals surface area contributed by atoms with Gasteiger partial charge in [0.1, 0.15) is 18.1 Å². The number of methoxy groups -OCH3 is 1. The minimum absolute atomic E-state index is 0.0625. The molecule has 1 aromatic carbocycles. The number of hydrogen-bond acceptors (Lipinski definition) is 3. The van der Waals surface area contributed by atoms with E-state index in [0.717, 1.165) is 0 Å². The zero-order chi connectivity index (χ0) is 11.5. The number of nitrogens with zero attached hydrogens (tertiary/aromatic N) is 2. The van der Waals surface area contributed by atoms with Crippen molar-refractivity contribution in [2.45, 2.75) is 0 Å². The van der Waals surface area contributed by atoms with Crippen LogP contribution in [0.3, 0.4) is 0 Å². The molecule has 0 atom stereocenters. The predicted molar refractivity (Wildman–Crippen MR) is 57.9 cm³/mol. The van der Waals surface area contributed by atoms with E-state index in [1.165, 1.54) is 31.5 Å². The molecule has 2 rings (SSSR count). The Kier molecular flexibility index (Phi) is 2.76. The van der Waals surface area contributed by atoms with Crippen LogP contribution >= 0.6 is 0 Å². The first kappa shape index (κ1) is 10.5. The number of ether oxygens (including phenoxy) is 1. The summed E-state index contributed by atoms with van der Waals surface area (Å²) < 4.78 is 18.0. The molecule has 1 amide bonds. The van der Waals surface area contributed by atoms with Crippen molar-refractivity contribution < 1.29 is 13.9 Å². The Labute approximate surface area is 91.5 Å². The van der Waals surface area contributed by atoms with Crippen LogP contribution in [0.5, 0.6) is 5.75 Å². The molecular formula is C11H9FN2O2. The number of rotatable bonds is 2. The van der Waals surface area contributed by atoms with Crippen molar-refractivity contribution >= 4 is 17.8 Å². The van der Waals surface area contributed by atoms with E-state index in [1.807, 2.05) is 0 Å². The van der Waals surface area contributed by atoms with E-state index in [4.69, 9.17) is 4.74 Å². The lowest BCUT2D eigenvalue weighted by molar-refractivity contribution is -0.116. The van der Waals surface area contributed by atoms with E-state index >= 15 is 0 Å². The van der Waals surface area contributed by atoms with Gasteiger partial charge in [-0.25, -0.2) is 9.38 Å². The number of halogens is 1. The van der Waals surface area contributed by atoms with Gasteiger partial charge in [0.15, 0.2) is 0 Å². The third-order valence-electron chi connectivity index (χ3n) is 2.12. The van der Waals surface area contributed by atoms with Gasteiger partial charge in [0.05, 0.1) is 12.8 Å². The van der Waals surface area contributed by atoms with Crippen LogP contribution in [-0.2, 0) is 4.79 Å². The number of carbonyl (C=O) groups is 1. The standard InChI is InChI=1S/C11H9FN2O2/c1-16-10-4-7(12)2-3-8(10)9-5-13-6-11(15)14-9/h2-5H,6H2,1H3. The van der Waals surface area contributed by atoms with E-state index in [-0.39, 0.29) is 12.5 Å². The average molecular weight is 220 g/mol. The van der Waals surface area contributed by atoms with E-state index in [9.17, 15) is 9.18 Å². The summed E-state index contributed by atoms with van der Waals surface area (Å²) in [6, 6.07) is 4.04. The third kappa shape index (κ3) is 1.98. The lowest BCUT2D eigenvalue weighted by Crippen LogP contribution is -2.15. The van der Waals surface area contributed by atoms with Crippen LogP contribution in [0.4, 0.5) is 4.39 Å². The molecule has 0 unspecified atom stereocenters. The van der Waals surface area contributed by atoms with E-state index in [1.54, 1.807) is 0 Å². The maximum Gasteiger partial charge on any atom is 0.267 e. The van der Waals surface area contributed by atoms with Crippen LogP contribution < -0.4 is 4.74 Å². The molecule has 0 bridgehead atoms. The van der Waals surface area contributed by atoms with Gasteiger partial charge in [-0.3, -0.25) is 9.79 Å². The molecule has 1 heterocycles. The molecule has 0 spiro atoms. The molecule has 0 aliphatic carbocycles. The molecule has 1 aliphatic heterocycles. The summed E-state index contributed by atoms with van der Waals surface area (Å²) in [5, 5.41) is 0. The highest BCUT2D eigenvalue weighted by Crippen LogP contribution is 2.20. The maximum absolute atomic E-state index is 13.0. The van der Waals surface area contributed by atoms with Crippen LogP contribution in [0.2, 0.25) is 0 Å². The molecule has 0 N–H and O–H groups in total. The lowest BCUT2D eigenvalue weighted by atomic mass is 10.1. The van der Waals surface area contributed by atoms with Gasteiger partial charge in [-0.05, 0) is 12.1 Å². The van der Waals surface area contributed by atoms with E-state index in [2.05, 4.69) is 9.98 Å². The highest BCUT2D eigenvalue weighted by atomic mass is 19.1.